The number of benzene rings is 2. The Balaban J connectivity index is 1.43. The first-order valence-corrected chi connectivity index (χ1v) is 9.33. The minimum atomic E-state index is 0.239. The lowest BCUT2D eigenvalue weighted by Crippen LogP contribution is -2.43. The van der Waals surface area contributed by atoms with Crippen LogP contribution in [0, 0.1) is 0 Å². The van der Waals surface area contributed by atoms with Gasteiger partial charge in [-0.2, -0.15) is 0 Å². The van der Waals surface area contributed by atoms with Crippen LogP contribution in [0.2, 0.25) is 0 Å². The molecule has 2 atom stereocenters. The Kier molecular flexibility index (Phi) is 6.24. The highest BCUT2D eigenvalue weighted by Crippen LogP contribution is 2.21. The number of carbonyl (C=O) groups is 1. The minimum Gasteiger partial charge on any atom is -0.508 e. The molecule has 3 heteroatoms. The van der Waals surface area contributed by atoms with Crippen molar-refractivity contribution in [3.05, 3.63) is 65.7 Å². The molecule has 2 unspecified atom stereocenters. The van der Waals surface area contributed by atoms with E-state index in [1.807, 2.05) is 42.5 Å². The van der Waals surface area contributed by atoms with Gasteiger partial charge < -0.3 is 10.4 Å². The average molecular weight is 337 g/mol. The first-order chi connectivity index (χ1) is 12.2. The van der Waals surface area contributed by atoms with E-state index in [9.17, 15) is 9.90 Å². The molecule has 1 aliphatic heterocycles. The maximum atomic E-state index is 12.4. The Morgan fingerprint density at radius 3 is 2.48 bits per heavy atom. The summed E-state index contributed by atoms with van der Waals surface area (Å²) in [5, 5.41) is 13.0. The second-order valence-electron chi connectivity index (χ2n) is 7.04. The summed E-state index contributed by atoms with van der Waals surface area (Å²) in [6.45, 7) is 0. The highest BCUT2D eigenvalue weighted by molar-refractivity contribution is 5.96. The van der Waals surface area contributed by atoms with E-state index in [0.717, 1.165) is 31.2 Å². The lowest BCUT2D eigenvalue weighted by atomic mass is 9.91. The molecule has 1 saturated heterocycles. The summed E-state index contributed by atoms with van der Waals surface area (Å²) < 4.78 is 0. The molecule has 0 aliphatic carbocycles. The van der Waals surface area contributed by atoms with E-state index < -0.39 is 0 Å². The van der Waals surface area contributed by atoms with Crippen LogP contribution in [0.1, 0.15) is 54.4 Å². The van der Waals surface area contributed by atoms with Gasteiger partial charge in [0.05, 0.1) is 0 Å². The summed E-state index contributed by atoms with van der Waals surface area (Å²) in [5.41, 5.74) is 2.09. The van der Waals surface area contributed by atoms with Crippen LogP contribution in [0.3, 0.4) is 0 Å². The van der Waals surface area contributed by atoms with Crippen molar-refractivity contribution < 1.29 is 9.90 Å². The molecule has 1 heterocycles. The van der Waals surface area contributed by atoms with Crippen molar-refractivity contribution in [2.45, 2.75) is 57.0 Å². The predicted octanol–water partition coefficient (Wildman–Crippen LogP) is 4.50. The van der Waals surface area contributed by atoms with Gasteiger partial charge in [0.25, 0.3) is 0 Å². The van der Waals surface area contributed by atoms with Crippen LogP contribution in [0.15, 0.2) is 54.6 Å². The van der Waals surface area contributed by atoms with Crippen molar-refractivity contribution in [1.29, 1.82) is 0 Å². The number of carbonyl (C=O) groups excluding carboxylic acids is 1. The van der Waals surface area contributed by atoms with Crippen molar-refractivity contribution in [2.75, 3.05) is 0 Å². The van der Waals surface area contributed by atoms with Crippen molar-refractivity contribution in [3.8, 4) is 5.75 Å². The summed E-state index contributed by atoms with van der Waals surface area (Å²) in [4.78, 5) is 12.4. The summed E-state index contributed by atoms with van der Waals surface area (Å²) >= 11 is 0. The van der Waals surface area contributed by atoms with E-state index in [4.69, 9.17) is 0 Å². The van der Waals surface area contributed by atoms with Gasteiger partial charge in [-0.15, -0.1) is 0 Å². The summed E-state index contributed by atoms with van der Waals surface area (Å²) in [7, 11) is 0. The number of ketones is 1. The monoisotopic (exact) mass is 337 g/mol. The average Bonchev–Trinajstić information content (AvgIpc) is 2.64. The van der Waals surface area contributed by atoms with E-state index in [0.29, 0.717) is 24.3 Å². The standard InChI is InChI=1S/C22H27NO2/c24-21-14-12-17(13-15-21)6-4-9-19-10-5-11-20(23-19)16-22(25)18-7-2-1-3-8-18/h1-3,7-8,12-15,19-20,23-24H,4-6,9-11,16H2. The van der Waals surface area contributed by atoms with Gasteiger partial charge in [0.1, 0.15) is 5.75 Å². The number of phenols is 1. The van der Waals surface area contributed by atoms with Crippen LogP contribution < -0.4 is 5.32 Å². The molecule has 2 N–H and O–H groups in total. The van der Waals surface area contributed by atoms with Gasteiger partial charge >= 0.3 is 0 Å². The molecule has 2 aromatic carbocycles. The quantitative estimate of drug-likeness (QED) is 0.732. The maximum absolute atomic E-state index is 12.4. The normalized spacial score (nSPS) is 20.3. The van der Waals surface area contributed by atoms with Crippen LogP contribution >= 0.6 is 0 Å². The third kappa shape index (κ3) is 5.43. The maximum Gasteiger partial charge on any atom is 0.164 e. The van der Waals surface area contributed by atoms with Gasteiger partial charge in [-0.3, -0.25) is 4.79 Å². The van der Waals surface area contributed by atoms with Gasteiger partial charge in [-0.05, 0) is 49.8 Å². The highest BCUT2D eigenvalue weighted by Gasteiger charge is 2.23. The molecule has 0 saturated carbocycles. The Bertz CT molecular complexity index is 666. The largest absolute Gasteiger partial charge is 0.508 e. The Labute approximate surface area is 150 Å². The molecule has 3 nitrogen and oxygen atoms in total. The van der Waals surface area contributed by atoms with Gasteiger partial charge in [-0.1, -0.05) is 48.9 Å². The van der Waals surface area contributed by atoms with Crippen molar-refractivity contribution in [3.63, 3.8) is 0 Å². The Morgan fingerprint density at radius 1 is 1.00 bits per heavy atom. The van der Waals surface area contributed by atoms with Gasteiger partial charge in [0.15, 0.2) is 5.78 Å². The molecular formula is C22H27NO2. The molecule has 0 bridgehead atoms. The van der Waals surface area contributed by atoms with Crippen LogP contribution in [0.25, 0.3) is 0 Å². The number of nitrogens with one attached hydrogen (secondary N) is 1. The summed E-state index contributed by atoms with van der Waals surface area (Å²) in [6, 6.07) is 17.9. The number of phenolic OH excluding ortho intramolecular Hbond substituents is 1. The zero-order valence-electron chi connectivity index (χ0n) is 14.7. The molecule has 132 valence electrons. The summed E-state index contributed by atoms with van der Waals surface area (Å²) in [6.07, 6.45) is 7.38. The van der Waals surface area contributed by atoms with E-state index in [2.05, 4.69) is 5.32 Å². The van der Waals surface area contributed by atoms with Gasteiger partial charge in [0.2, 0.25) is 0 Å². The van der Waals surface area contributed by atoms with Crippen LogP contribution in [0.4, 0.5) is 0 Å². The van der Waals surface area contributed by atoms with E-state index in [-0.39, 0.29) is 5.78 Å². The number of Topliss-reactive ketones (excluding diaryl/α,β-unsaturated/α-hetero) is 1. The lowest BCUT2D eigenvalue weighted by Gasteiger charge is -2.31. The predicted molar refractivity (Wildman–Crippen MR) is 101 cm³/mol. The van der Waals surface area contributed by atoms with Crippen LogP contribution in [-0.4, -0.2) is 23.0 Å². The second kappa shape index (κ2) is 8.82. The number of hydrogen-bond donors (Lipinski definition) is 2. The molecule has 0 amide bonds. The topological polar surface area (TPSA) is 49.3 Å². The Morgan fingerprint density at radius 2 is 1.72 bits per heavy atom. The zero-order chi connectivity index (χ0) is 17.5. The molecule has 3 rings (SSSR count). The molecule has 1 fully saturated rings. The number of rotatable bonds is 7. The molecule has 2 aromatic rings. The number of piperidine rings is 1. The molecule has 0 spiro atoms. The Hall–Kier alpha value is -2.13. The molecular weight excluding hydrogens is 310 g/mol. The number of aromatic hydroxyl groups is 1. The molecule has 0 radical (unpaired) electrons. The molecule has 1 aliphatic rings. The fourth-order valence-corrected chi connectivity index (χ4v) is 3.68. The minimum absolute atomic E-state index is 0.239. The SMILES string of the molecule is O=C(CC1CCCC(CCCc2ccc(O)cc2)N1)c1ccccc1. The van der Waals surface area contributed by atoms with Crippen molar-refractivity contribution in [1.82, 2.24) is 5.32 Å². The fourth-order valence-electron chi connectivity index (χ4n) is 3.68. The molecule has 25 heavy (non-hydrogen) atoms. The third-order valence-corrected chi connectivity index (χ3v) is 5.06. The third-order valence-electron chi connectivity index (χ3n) is 5.06. The van der Waals surface area contributed by atoms with Crippen molar-refractivity contribution in [2.24, 2.45) is 0 Å². The van der Waals surface area contributed by atoms with Gasteiger partial charge in [0, 0.05) is 24.1 Å². The smallest absolute Gasteiger partial charge is 0.164 e. The van der Waals surface area contributed by atoms with Crippen LogP contribution in [-0.2, 0) is 6.42 Å². The zero-order valence-corrected chi connectivity index (χ0v) is 14.7. The van der Waals surface area contributed by atoms with Crippen molar-refractivity contribution >= 4 is 5.78 Å². The van der Waals surface area contributed by atoms with E-state index in [1.165, 1.54) is 18.4 Å². The second-order valence-corrected chi connectivity index (χ2v) is 7.04. The van der Waals surface area contributed by atoms with E-state index >= 15 is 0 Å². The first-order valence-electron chi connectivity index (χ1n) is 9.33. The molecule has 0 aromatic heterocycles. The van der Waals surface area contributed by atoms with Gasteiger partial charge in [-0.25, -0.2) is 0 Å². The highest BCUT2D eigenvalue weighted by atomic mass is 16.3. The lowest BCUT2D eigenvalue weighted by molar-refractivity contribution is 0.0958. The number of aryl methyl sites for hydroxylation is 1. The fraction of sp³-hybridized carbons (Fsp3) is 0.409. The van der Waals surface area contributed by atoms with Crippen LogP contribution in [0.5, 0.6) is 5.75 Å². The van der Waals surface area contributed by atoms with E-state index in [1.54, 1.807) is 12.1 Å². The first kappa shape index (κ1) is 17.7. The number of hydrogen-bond acceptors (Lipinski definition) is 3. The summed E-state index contributed by atoms with van der Waals surface area (Å²) in [5.74, 6) is 0.562.